The van der Waals surface area contributed by atoms with Gasteiger partial charge in [-0.25, -0.2) is 0 Å². The first-order chi connectivity index (χ1) is 8.72. The molecule has 1 aromatic carbocycles. The van der Waals surface area contributed by atoms with Crippen molar-refractivity contribution in [3.05, 3.63) is 35.4 Å². The van der Waals surface area contributed by atoms with Crippen molar-refractivity contribution in [1.82, 2.24) is 4.90 Å². The Kier molecular flexibility index (Phi) is 4.13. The average molecular weight is 245 g/mol. The molecular weight excluding hydrogens is 226 g/mol. The molecule has 0 N–H and O–H groups in total. The van der Waals surface area contributed by atoms with Crippen molar-refractivity contribution in [1.29, 1.82) is 0 Å². The molecule has 1 saturated heterocycles. The molecule has 1 fully saturated rings. The molecule has 1 aliphatic rings. The Morgan fingerprint density at radius 1 is 1.00 bits per heavy atom. The zero-order valence-electron chi connectivity index (χ0n) is 10.8. The molecule has 3 heteroatoms. The third-order valence-corrected chi connectivity index (χ3v) is 3.42. The normalized spacial score (nSPS) is 15.5. The van der Waals surface area contributed by atoms with Gasteiger partial charge in [-0.2, -0.15) is 0 Å². The summed E-state index contributed by atoms with van der Waals surface area (Å²) in [6.07, 6.45) is 3.91. The van der Waals surface area contributed by atoms with E-state index in [1.54, 1.807) is 24.3 Å². The largest absolute Gasteiger partial charge is 0.339 e. The summed E-state index contributed by atoms with van der Waals surface area (Å²) in [5.41, 5.74) is 1.37. The van der Waals surface area contributed by atoms with Gasteiger partial charge in [-0.1, -0.05) is 19.1 Å². The van der Waals surface area contributed by atoms with Gasteiger partial charge >= 0.3 is 0 Å². The van der Waals surface area contributed by atoms with Crippen molar-refractivity contribution >= 4 is 11.7 Å². The van der Waals surface area contributed by atoms with Crippen molar-refractivity contribution in [3.63, 3.8) is 0 Å². The van der Waals surface area contributed by atoms with Crippen LogP contribution in [0.25, 0.3) is 0 Å². The van der Waals surface area contributed by atoms with Crippen LogP contribution in [-0.2, 0) is 0 Å². The number of rotatable bonds is 3. The van der Waals surface area contributed by atoms with E-state index in [0.717, 1.165) is 25.9 Å². The molecule has 0 saturated carbocycles. The monoisotopic (exact) mass is 245 g/mol. The summed E-state index contributed by atoms with van der Waals surface area (Å²) in [5, 5.41) is 0. The van der Waals surface area contributed by atoms with Crippen LogP contribution in [0.4, 0.5) is 0 Å². The molecule has 0 spiro atoms. The molecule has 1 amide bonds. The number of carbonyl (C=O) groups is 2. The second-order valence-corrected chi connectivity index (χ2v) is 4.71. The number of Topliss-reactive ketones (excluding diaryl/α,β-unsaturated/α-hetero) is 1. The number of amides is 1. The number of nitrogens with zero attached hydrogens (tertiary/aromatic N) is 1. The lowest BCUT2D eigenvalue weighted by Gasteiger charge is -2.26. The van der Waals surface area contributed by atoms with Crippen molar-refractivity contribution in [2.45, 2.75) is 32.6 Å². The van der Waals surface area contributed by atoms with Crippen LogP contribution in [0.3, 0.4) is 0 Å². The van der Waals surface area contributed by atoms with Crippen LogP contribution in [0.1, 0.15) is 53.3 Å². The molecule has 1 aromatic rings. The Morgan fingerprint density at radius 3 is 2.11 bits per heavy atom. The van der Waals surface area contributed by atoms with E-state index in [0.29, 0.717) is 17.5 Å². The third-order valence-electron chi connectivity index (χ3n) is 3.42. The van der Waals surface area contributed by atoms with E-state index >= 15 is 0 Å². The van der Waals surface area contributed by atoms with Crippen LogP contribution < -0.4 is 0 Å². The molecule has 3 nitrogen and oxygen atoms in total. The van der Waals surface area contributed by atoms with Crippen LogP contribution in [0, 0.1) is 0 Å². The summed E-state index contributed by atoms with van der Waals surface area (Å²) in [5.74, 6) is 0.206. The van der Waals surface area contributed by atoms with E-state index in [9.17, 15) is 9.59 Å². The molecule has 1 heterocycles. The number of piperidine rings is 1. The second-order valence-electron chi connectivity index (χ2n) is 4.71. The Labute approximate surface area is 108 Å². The molecule has 96 valence electrons. The number of likely N-dealkylation sites (tertiary alicyclic amines) is 1. The van der Waals surface area contributed by atoms with Gasteiger partial charge in [-0.05, 0) is 31.4 Å². The fourth-order valence-corrected chi connectivity index (χ4v) is 2.28. The van der Waals surface area contributed by atoms with Gasteiger partial charge in [-0.15, -0.1) is 0 Å². The van der Waals surface area contributed by atoms with Gasteiger partial charge in [0.2, 0.25) is 0 Å². The Bertz CT molecular complexity index is 430. The highest BCUT2D eigenvalue weighted by Crippen LogP contribution is 2.14. The molecule has 0 aliphatic carbocycles. The summed E-state index contributed by atoms with van der Waals surface area (Å²) < 4.78 is 0. The predicted molar refractivity (Wildman–Crippen MR) is 70.8 cm³/mol. The van der Waals surface area contributed by atoms with Gasteiger partial charge in [0.25, 0.3) is 5.91 Å². The molecule has 18 heavy (non-hydrogen) atoms. The molecule has 0 bridgehead atoms. The van der Waals surface area contributed by atoms with Crippen molar-refractivity contribution in [3.8, 4) is 0 Å². The van der Waals surface area contributed by atoms with Crippen LogP contribution in [0.5, 0.6) is 0 Å². The van der Waals surface area contributed by atoms with E-state index in [2.05, 4.69) is 0 Å². The highest BCUT2D eigenvalue weighted by Gasteiger charge is 2.18. The Hall–Kier alpha value is -1.64. The SMILES string of the molecule is CCC(=O)c1ccc(C(=O)N2CCCCC2)cc1. The second kappa shape index (κ2) is 5.80. The summed E-state index contributed by atoms with van der Waals surface area (Å²) in [6.45, 7) is 3.55. The minimum atomic E-state index is 0.0881. The van der Waals surface area contributed by atoms with Gasteiger partial charge in [0.15, 0.2) is 5.78 Å². The zero-order chi connectivity index (χ0) is 13.0. The van der Waals surface area contributed by atoms with Crippen LogP contribution >= 0.6 is 0 Å². The van der Waals surface area contributed by atoms with Gasteiger partial charge in [0.1, 0.15) is 0 Å². The zero-order valence-corrected chi connectivity index (χ0v) is 10.8. The quantitative estimate of drug-likeness (QED) is 0.768. The summed E-state index contributed by atoms with van der Waals surface area (Å²) in [6, 6.07) is 7.03. The van der Waals surface area contributed by atoms with E-state index in [-0.39, 0.29) is 11.7 Å². The van der Waals surface area contributed by atoms with Crippen molar-refractivity contribution < 1.29 is 9.59 Å². The molecular formula is C15H19NO2. The number of hydrogen-bond acceptors (Lipinski definition) is 2. The lowest BCUT2D eigenvalue weighted by atomic mass is 10.0. The predicted octanol–water partition coefficient (Wildman–Crippen LogP) is 2.91. The smallest absolute Gasteiger partial charge is 0.253 e. The highest BCUT2D eigenvalue weighted by atomic mass is 16.2. The first-order valence-corrected chi connectivity index (χ1v) is 6.65. The standard InChI is InChI=1S/C15H19NO2/c1-2-14(17)12-6-8-13(9-7-12)15(18)16-10-4-3-5-11-16/h6-9H,2-5,10-11H2,1H3. The summed E-state index contributed by atoms with van der Waals surface area (Å²) >= 11 is 0. The third kappa shape index (κ3) is 2.78. The minimum absolute atomic E-state index is 0.0881. The van der Waals surface area contributed by atoms with Gasteiger partial charge < -0.3 is 4.90 Å². The maximum atomic E-state index is 12.2. The van der Waals surface area contributed by atoms with Crippen LogP contribution in [0.2, 0.25) is 0 Å². The van der Waals surface area contributed by atoms with Gasteiger partial charge in [0.05, 0.1) is 0 Å². The van der Waals surface area contributed by atoms with E-state index < -0.39 is 0 Å². The van der Waals surface area contributed by atoms with E-state index in [1.807, 2.05) is 11.8 Å². The molecule has 0 aromatic heterocycles. The Balaban J connectivity index is 2.08. The van der Waals surface area contributed by atoms with Crippen LogP contribution in [-0.4, -0.2) is 29.7 Å². The van der Waals surface area contributed by atoms with Crippen molar-refractivity contribution in [2.24, 2.45) is 0 Å². The van der Waals surface area contributed by atoms with E-state index in [4.69, 9.17) is 0 Å². The molecule has 0 atom stereocenters. The number of benzene rings is 1. The molecule has 0 radical (unpaired) electrons. The number of ketones is 1. The summed E-state index contributed by atoms with van der Waals surface area (Å²) in [4.78, 5) is 25.6. The van der Waals surface area contributed by atoms with Gasteiger partial charge in [-0.3, -0.25) is 9.59 Å². The molecule has 0 unspecified atom stereocenters. The maximum absolute atomic E-state index is 12.2. The number of carbonyl (C=O) groups excluding carboxylic acids is 2. The van der Waals surface area contributed by atoms with E-state index in [1.165, 1.54) is 6.42 Å². The lowest BCUT2D eigenvalue weighted by molar-refractivity contribution is 0.0724. The average Bonchev–Trinajstić information content (AvgIpc) is 2.47. The number of hydrogen-bond donors (Lipinski definition) is 0. The topological polar surface area (TPSA) is 37.4 Å². The summed E-state index contributed by atoms with van der Waals surface area (Å²) in [7, 11) is 0. The highest BCUT2D eigenvalue weighted by molar-refractivity contribution is 5.98. The first-order valence-electron chi connectivity index (χ1n) is 6.65. The van der Waals surface area contributed by atoms with Crippen LogP contribution in [0.15, 0.2) is 24.3 Å². The molecule has 2 rings (SSSR count). The fraction of sp³-hybridized carbons (Fsp3) is 0.467. The fourth-order valence-electron chi connectivity index (χ4n) is 2.28. The molecule has 1 aliphatic heterocycles. The first kappa shape index (κ1) is 12.8. The minimum Gasteiger partial charge on any atom is -0.339 e. The lowest BCUT2D eigenvalue weighted by Crippen LogP contribution is -2.35. The Morgan fingerprint density at radius 2 is 1.56 bits per heavy atom. The maximum Gasteiger partial charge on any atom is 0.253 e. The van der Waals surface area contributed by atoms with Gasteiger partial charge in [0, 0.05) is 30.6 Å². The van der Waals surface area contributed by atoms with Crippen molar-refractivity contribution in [2.75, 3.05) is 13.1 Å².